The fraction of sp³-hybridized carbons (Fsp3) is 0. The lowest BCUT2D eigenvalue weighted by Gasteiger charge is -2.07. The second kappa shape index (κ2) is 5.54. The van der Waals surface area contributed by atoms with E-state index in [-0.39, 0.29) is 11.6 Å². The van der Waals surface area contributed by atoms with E-state index in [4.69, 9.17) is 0 Å². The summed E-state index contributed by atoms with van der Waals surface area (Å²) in [6.45, 7) is 0. The molecule has 0 aliphatic heterocycles. The molecule has 1 heterocycles. The summed E-state index contributed by atoms with van der Waals surface area (Å²) in [5.74, 6) is -0.838. The fourth-order valence-electron chi connectivity index (χ4n) is 1.86. The first-order chi connectivity index (χ1) is 10.2. The molecule has 0 fully saturated rings. The number of nitrogens with zero attached hydrogens (tertiary/aromatic N) is 3. The Balaban J connectivity index is 1.78. The summed E-state index contributed by atoms with van der Waals surface area (Å²) in [5, 5.41) is 6.53. The number of halogens is 1. The first kappa shape index (κ1) is 13.0. The number of hydrogen-bond acceptors (Lipinski definition) is 3. The molecular formula is C15H11FN4O. The highest BCUT2D eigenvalue weighted by Crippen LogP contribution is 2.15. The standard InChI is InChI=1S/C15H11FN4O/c16-13-3-1-2-4-14(13)19-15(21)11-5-7-12(8-6-11)20-10-17-9-18-20/h1-10H,(H,19,21). The number of hydrogen-bond donors (Lipinski definition) is 1. The lowest BCUT2D eigenvalue weighted by molar-refractivity contribution is 0.102. The van der Waals surface area contributed by atoms with E-state index in [1.165, 1.54) is 18.5 Å². The number of carbonyl (C=O) groups is 1. The van der Waals surface area contributed by atoms with Crippen LogP contribution in [0.1, 0.15) is 10.4 Å². The van der Waals surface area contributed by atoms with Crippen molar-refractivity contribution in [1.29, 1.82) is 0 Å². The van der Waals surface area contributed by atoms with Crippen molar-refractivity contribution in [3.63, 3.8) is 0 Å². The van der Waals surface area contributed by atoms with Crippen molar-refractivity contribution in [2.75, 3.05) is 5.32 Å². The van der Waals surface area contributed by atoms with Crippen LogP contribution in [0.25, 0.3) is 5.69 Å². The maximum absolute atomic E-state index is 13.5. The predicted octanol–water partition coefficient (Wildman–Crippen LogP) is 2.66. The molecule has 3 aromatic rings. The molecule has 0 aliphatic carbocycles. The van der Waals surface area contributed by atoms with Crippen molar-refractivity contribution in [2.24, 2.45) is 0 Å². The highest BCUT2D eigenvalue weighted by atomic mass is 19.1. The van der Waals surface area contributed by atoms with E-state index in [9.17, 15) is 9.18 Å². The van der Waals surface area contributed by atoms with E-state index in [0.717, 1.165) is 5.69 Å². The zero-order chi connectivity index (χ0) is 14.7. The Hall–Kier alpha value is -3.02. The first-order valence-corrected chi connectivity index (χ1v) is 6.25. The van der Waals surface area contributed by atoms with Crippen LogP contribution in [0.5, 0.6) is 0 Å². The van der Waals surface area contributed by atoms with Crippen LogP contribution in [-0.4, -0.2) is 20.7 Å². The molecule has 0 radical (unpaired) electrons. The summed E-state index contributed by atoms with van der Waals surface area (Å²) in [5.41, 5.74) is 1.37. The van der Waals surface area contributed by atoms with E-state index in [2.05, 4.69) is 15.4 Å². The average Bonchev–Trinajstić information content (AvgIpc) is 3.04. The van der Waals surface area contributed by atoms with Gasteiger partial charge in [0.2, 0.25) is 0 Å². The third-order valence-electron chi connectivity index (χ3n) is 2.93. The monoisotopic (exact) mass is 282 g/mol. The van der Waals surface area contributed by atoms with E-state index >= 15 is 0 Å². The van der Waals surface area contributed by atoms with Gasteiger partial charge < -0.3 is 5.32 Å². The van der Waals surface area contributed by atoms with Crippen molar-refractivity contribution in [2.45, 2.75) is 0 Å². The molecular weight excluding hydrogens is 271 g/mol. The summed E-state index contributed by atoms with van der Waals surface area (Å²) in [4.78, 5) is 15.9. The molecule has 0 saturated heterocycles. The maximum Gasteiger partial charge on any atom is 0.255 e. The normalized spacial score (nSPS) is 10.3. The molecule has 6 heteroatoms. The molecule has 104 valence electrons. The van der Waals surface area contributed by atoms with Gasteiger partial charge in [0.1, 0.15) is 18.5 Å². The fourth-order valence-corrected chi connectivity index (χ4v) is 1.86. The van der Waals surface area contributed by atoms with Crippen LogP contribution in [0.2, 0.25) is 0 Å². The summed E-state index contributed by atoms with van der Waals surface area (Å²) in [6.07, 6.45) is 2.99. The highest BCUT2D eigenvalue weighted by molar-refractivity contribution is 6.04. The first-order valence-electron chi connectivity index (χ1n) is 6.25. The Morgan fingerprint density at radius 3 is 2.52 bits per heavy atom. The molecule has 0 atom stereocenters. The number of benzene rings is 2. The van der Waals surface area contributed by atoms with Gasteiger partial charge in [0.05, 0.1) is 11.4 Å². The number of amides is 1. The Morgan fingerprint density at radius 2 is 1.86 bits per heavy atom. The zero-order valence-corrected chi connectivity index (χ0v) is 10.9. The highest BCUT2D eigenvalue weighted by Gasteiger charge is 2.09. The SMILES string of the molecule is O=C(Nc1ccccc1F)c1ccc(-n2cncn2)cc1. The summed E-state index contributed by atoms with van der Waals surface area (Å²) in [6, 6.07) is 12.8. The van der Waals surface area contributed by atoms with Crippen molar-refractivity contribution in [3.8, 4) is 5.69 Å². The Kier molecular flexibility index (Phi) is 3.42. The molecule has 21 heavy (non-hydrogen) atoms. The third-order valence-corrected chi connectivity index (χ3v) is 2.93. The van der Waals surface area contributed by atoms with Gasteiger partial charge >= 0.3 is 0 Å². The predicted molar refractivity (Wildman–Crippen MR) is 75.7 cm³/mol. The van der Waals surface area contributed by atoms with Gasteiger partial charge in [-0.15, -0.1) is 0 Å². The van der Waals surface area contributed by atoms with E-state index in [0.29, 0.717) is 5.56 Å². The van der Waals surface area contributed by atoms with Crippen molar-refractivity contribution < 1.29 is 9.18 Å². The minimum Gasteiger partial charge on any atom is -0.319 e. The number of carbonyl (C=O) groups excluding carboxylic acids is 1. The summed E-state index contributed by atoms with van der Waals surface area (Å²) in [7, 11) is 0. The Labute approximate surface area is 120 Å². The molecule has 0 bridgehead atoms. The van der Waals surface area contributed by atoms with Gasteiger partial charge in [0.15, 0.2) is 0 Å². The maximum atomic E-state index is 13.5. The summed E-state index contributed by atoms with van der Waals surface area (Å²) < 4.78 is 15.1. The van der Waals surface area contributed by atoms with Gasteiger partial charge in [-0.2, -0.15) is 5.10 Å². The smallest absolute Gasteiger partial charge is 0.255 e. The van der Waals surface area contributed by atoms with E-state index < -0.39 is 5.82 Å². The van der Waals surface area contributed by atoms with E-state index in [1.807, 2.05) is 0 Å². The minimum atomic E-state index is -0.468. The number of para-hydroxylation sites is 1. The molecule has 0 spiro atoms. The van der Waals surface area contributed by atoms with Gasteiger partial charge in [0, 0.05) is 5.56 Å². The number of nitrogens with one attached hydrogen (secondary N) is 1. The molecule has 5 nitrogen and oxygen atoms in total. The largest absolute Gasteiger partial charge is 0.319 e. The molecule has 2 aromatic carbocycles. The number of anilines is 1. The number of aromatic nitrogens is 3. The Bertz CT molecular complexity index is 754. The van der Waals surface area contributed by atoms with Crippen LogP contribution in [0.4, 0.5) is 10.1 Å². The zero-order valence-electron chi connectivity index (χ0n) is 10.9. The second-order valence-electron chi connectivity index (χ2n) is 4.32. The summed E-state index contributed by atoms with van der Waals surface area (Å²) >= 11 is 0. The average molecular weight is 282 g/mol. The van der Waals surface area contributed by atoms with Crippen LogP contribution < -0.4 is 5.32 Å². The lowest BCUT2D eigenvalue weighted by Crippen LogP contribution is -2.13. The Morgan fingerprint density at radius 1 is 1.10 bits per heavy atom. The topological polar surface area (TPSA) is 59.8 Å². The van der Waals surface area contributed by atoms with Gasteiger partial charge in [-0.25, -0.2) is 14.1 Å². The minimum absolute atomic E-state index is 0.155. The van der Waals surface area contributed by atoms with Gasteiger partial charge in [-0.3, -0.25) is 4.79 Å². The van der Waals surface area contributed by atoms with Gasteiger partial charge in [-0.05, 0) is 36.4 Å². The van der Waals surface area contributed by atoms with Crippen molar-refractivity contribution in [1.82, 2.24) is 14.8 Å². The number of rotatable bonds is 3. The third kappa shape index (κ3) is 2.79. The molecule has 0 aliphatic rings. The molecule has 3 rings (SSSR count). The molecule has 1 N–H and O–H groups in total. The van der Waals surface area contributed by atoms with Crippen molar-refractivity contribution in [3.05, 3.63) is 72.6 Å². The van der Waals surface area contributed by atoms with Crippen LogP contribution in [0, 0.1) is 5.82 Å². The molecule has 0 unspecified atom stereocenters. The van der Waals surface area contributed by atoms with Crippen LogP contribution >= 0.6 is 0 Å². The van der Waals surface area contributed by atoms with E-state index in [1.54, 1.807) is 47.4 Å². The van der Waals surface area contributed by atoms with Gasteiger partial charge in [-0.1, -0.05) is 12.1 Å². The molecule has 1 amide bonds. The van der Waals surface area contributed by atoms with Crippen LogP contribution in [0.15, 0.2) is 61.2 Å². The molecule has 0 saturated carbocycles. The van der Waals surface area contributed by atoms with Gasteiger partial charge in [0.25, 0.3) is 5.91 Å². The quantitative estimate of drug-likeness (QED) is 0.803. The van der Waals surface area contributed by atoms with Crippen molar-refractivity contribution >= 4 is 11.6 Å². The van der Waals surface area contributed by atoms with Crippen LogP contribution in [-0.2, 0) is 0 Å². The molecule has 1 aromatic heterocycles. The second-order valence-corrected chi connectivity index (χ2v) is 4.32. The van der Waals surface area contributed by atoms with Crippen LogP contribution in [0.3, 0.4) is 0 Å². The lowest BCUT2D eigenvalue weighted by atomic mass is 10.2.